The van der Waals surface area contributed by atoms with Crippen LogP contribution in [0.15, 0.2) is 61.2 Å². The van der Waals surface area contributed by atoms with Crippen molar-refractivity contribution in [3.05, 3.63) is 77.9 Å². The van der Waals surface area contributed by atoms with Crippen LogP contribution in [0.2, 0.25) is 0 Å². The second-order valence-corrected chi connectivity index (χ2v) is 6.41. The van der Waals surface area contributed by atoms with E-state index in [1.165, 1.54) is 0 Å². The van der Waals surface area contributed by atoms with Crippen molar-refractivity contribution < 1.29 is 29.7 Å². The highest BCUT2D eigenvalue weighted by molar-refractivity contribution is 6.27. The van der Waals surface area contributed by atoms with Gasteiger partial charge in [-0.3, -0.25) is 0 Å². The van der Waals surface area contributed by atoms with Gasteiger partial charge >= 0.3 is 17.9 Å². The van der Waals surface area contributed by atoms with Crippen LogP contribution < -0.4 is 0 Å². The van der Waals surface area contributed by atoms with Gasteiger partial charge in [-0.1, -0.05) is 37.3 Å². The fourth-order valence-electron chi connectivity index (χ4n) is 2.98. The first-order valence-corrected chi connectivity index (χ1v) is 9.84. The quantitative estimate of drug-likeness (QED) is 0.395. The summed E-state index contributed by atoms with van der Waals surface area (Å²) in [4.78, 5) is 33.5. The van der Waals surface area contributed by atoms with E-state index in [-0.39, 0.29) is 11.6 Å². The first kappa shape index (κ1) is 24.7. The molecule has 0 aliphatic carbocycles. The number of rotatable bonds is 4. The topological polar surface area (TPSA) is 160 Å². The largest absolute Gasteiger partial charge is 0.478 e. The van der Waals surface area contributed by atoms with Crippen LogP contribution in [0.25, 0.3) is 11.0 Å². The number of benzene rings is 2. The number of nitrogens with zero attached hydrogens (tertiary/aromatic N) is 5. The number of carboxylic acid groups (broad SMARTS) is 3. The van der Waals surface area contributed by atoms with Gasteiger partial charge in [-0.25, -0.2) is 24.0 Å². The number of aliphatic carboxylic acids is 2. The van der Waals surface area contributed by atoms with E-state index in [1.54, 1.807) is 29.3 Å². The maximum atomic E-state index is 11.1. The second kappa shape index (κ2) is 11.2. The van der Waals surface area contributed by atoms with Crippen LogP contribution >= 0.6 is 0 Å². The van der Waals surface area contributed by atoms with E-state index in [4.69, 9.17) is 24.9 Å². The van der Waals surface area contributed by atoms with Gasteiger partial charge in [-0.15, -0.1) is 5.10 Å². The lowest BCUT2D eigenvalue weighted by molar-refractivity contribution is -0.159. The number of aromatic carboxylic acids is 1. The highest BCUT2D eigenvalue weighted by Gasteiger charge is 2.18. The van der Waals surface area contributed by atoms with E-state index in [2.05, 4.69) is 15.3 Å². The summed E-state index contributed by atoms with van der Waals surface area (Å²) in [7, 11) is 1.85. The zero-order valence-corrected chi connectivity index (χ0v) is 18.2. The summed E-state index contributed by atoms with van der Waals surface area (Å²) in [5.74, 6) is -4.59. The van der Waals surface area contributed by atoms with Gasteiger partial charge in [0.15, 0.2) is 0 Å². The number of hydrogen-bond acceptors (Lipinski definition) is 6. The monoisotopic (exact) mass is 453 g/mol. The molecular formula is C22H23N5O6. The summed E-state index contributed by atoms with van der Waals surface area (Å²) < 4.78 is 3.72. The first-order valence-electron chi connectivity index (χ1n) is 9.84. The van der Waals surface area contributed by atoms with E-state index >= 15 is 0 Å². The minimum absolute atomic E-state index is 0.121. The third kappa shape index (κ3) is 6.00. The molecule has 0 fully saturated rings. The maximum absolute atomic E-state index is 11.1. The highest BCUT2D eigenvalue weighted by Crippen LogP contribution is 2.28. The fourth-order valence-corrected chi connectivity index (χ4v) is 2.98. The third-order valence-corrected chi connectivity index (χ3v) is 4.43. The Bertz CT molecular complexity index is 1220. The molecule has 4 aromatic rings. The standard InChI is InChI=1S/C18H15N5O2.C2H2O4.C2H6/c1-22-16-10-14(6-7-15(16)20-21-22)17(23-9-8-19-11-23)12-2-4-13(5-3-12)18(24)25;3-1(4)2(5)6;1-2/h2-11,17H,1H3,(H,24,25);(H,3,4)(H,5,6);1-2H3. The number of hydrogen-bond donors (Lipinski definition) is 3. The Labute approximate surface area is 188 Å². The molecule has 33 heavy (non-hydrogen) atoms. The Morgan fingerprint density at radius 1 is 0.909 bits per heavy atom. The minimum Gasteiger partial charge on any atom is -0.478 e. The molecule has 11 heteroatoms. The van der Waals surface area contributed by atoms with Gasteiger partial charge in [0, 0.05) is 19.4 Å². The Balaban J connectivity index is 0.000000421. The highest BCUT2D eigenvalue weighted by atomic mass is 16.4. The van der Waals surface area contributed by atoms with Crippen molar-refractivity contribution >= 4 is 28.9 Å². The lowest BCUT2D eigenvalue weighted by atomic mass is 9.97. The molecule has 2 aromatic heterocycles. The maximum Gasteiger partial charge on any atom is 0.414 e. The predicted octanol–water partition coefficient (Wildman–Crippen LogP) is 2.68. The summed E-state index contributed by atoms with van der Waals surface area (Å²) in [6.45, 7) is 4.00. The van der Waals surface area contributed by atoms with E-state index in [0.29, 0.717) is 0 Å². The minimum atomic E-state index is -1.82. The predicted molar refractivity (Wildman–Crippen MR) is 118 cm³/mol. The zero-order chi connectivity index (χ0) is 24.5. The van der Waals surface area contributed by atoms with Crippen LogP contribution in [-0.4, -0.2) is 57.8 Å². The summed E-state index contributed by atoms with van der Waals surface area (Å²) in [5.41, 5.74) is 4.04. The Kier molecular flexibility index (Phi) is 8.38. The third-order valence-electron chi connectivity index (χ3n) is 4.43. The number of aromatic nitrogens is 5. The van der Waals surface area contributed by atoms with Crippen molar-refractivity contribution in [2.24, 2.45) is 7.05 Å². The lowest BCUT2D eigenvalue weighted by Gasteiger charge is -2.20. The van der Waals surface area contributed by atoms with Crippen molar-refractivity contribution in [3.63, 3.8) is 0 Å². The molecule has 3 N–H and O–H groups in total. The molecular weight excluding hydrogens is 430 g/mol. The summed E-state index contributed by atoms with van der Waals surface area (Å²) in [6.07, 6.45) is 5.37. The van der Waals surface area contributed by atoms with Crippen LogP contribution in [0, 0.1) is 0 Å². The van der Waals surface area contributed by atoms with Crippen LogP contribution in [0.3, 0.4) is 0 Å². The molecule has 1 atom stereocenters. The van der Waals surface area contributed by atoms with E-state index in [9.17, 15) is 4.79 Å². The SMILES string of the molecule is CC.Cn1nnc2ccc(C(c3ccc(C(=O)O)cc3)n3ccnc3)cc21.O=C(O)C(=O)O. The van der Waals surface area contributed by atoms with Crippen molar-refractivity contribution in [1.29, 1.82) is 0 Å². The number of aryl methyl sites for hydroxylation is 1. The molecule has 0 aliphatic heterocycles. The normalized spacial score (nSPS) is 10.9. The van der Waals surface area contributed by atoms with Crippen LogP contribution in [-0.2, 0) is 16.6 Å². The molecule has 172 valence electrons. The van der Waals surface area contributed by atoms with Gasteiger partial charge in [0.2, 0.25) is 0 Å². The first-order chi connectivity index (χ1) is 15.8. The van der Waals surface area contributed by atoms with Gasteiger partial charge in [-0.05, 0) is 35.4 Å². The number of carboxylic acids is 3. The molecule has 0 bridgehead atoms. The zero-order valence-electron chi connectivity index (χ0n) is 18.2. The molecule has 0 spiro atoms. The van der Waals surface area contributed by atoms with Gasteiger partial charge < -0.3 is 19.9 Å². The summed E-state index contributed by atoms with van der Waals surface area (Å²) in [6, 6.07) is 12.8. The van der Waals surface area contributed by atoms with E-state index in [0.717, 1.165) is 22.2 Å². The number of imidazole rings is 1. The van der Waals surface area contributed by atoms with E-state index < -0.39 is 17.9 Å². The van der Waals surface area contributed by atoms with Crippen molar-refractivity contribution in [1.82, 2.24) is 24.5 Å². The smallest absolute Gasteiger partial charge is 0.414 e. The molecule has 0 radical (unpaired) electrons. The van der Waals surface area contributed by atoms with Crippen molar-refractivity contribution in [2.75, 3.05) is 0 Å². The van der Waals surface area contributed by atoms with Crippen LogP contribution in [0.5, 0.6) is 0 Å². The van der Waals surface area contributed by atoms with Gasteiger partial charge in [-0.2, -0.15) is 0 Å². The molecule has 0 aliphatic rings. The number of fused-ring (bicyclic) bond motifs is 1. The Hall–Kier alpha value is -4.54. The summed E-state index contributed by atoms with van der Waals surface area (Å²) >= 11 is 0. The fraction of sp³-hybridized carbons (Fsp3) is 0.182. The Morgan fingerprint density at radius 3 is 2.03 bits per heavy atom. The van der Waals surface area contributed by atoms with Gasteiger partial charge in [0.25, 0.3) is 0 Å². The average Bonchev–Trinajstić information content (AvgIpc) is 3.47. The van der Waals surface area contributed by atoms with Crippen LogP contribution in [0.1, 0.15) is 41.4 Å². The average molecular weight is 453 g/mol. The van der Waals surface area contributed by atoms with E-state index in [1.807, 2.05) is 62.0 Å². The van der Waals surface area contributed by atoms with Crippen LogP contribution in [0.4, 0.5) is 0 Å². The summed E-state index contributed by atoms with van der Waals surface area (Å²) in [5, 5.41) is 32.0. The molecule has 0 saturated heterocycles. The van der Waals surface area contributed by atoms with Gasteiger partial charge in [0.05, 0.1) is 23.4 Å². The molecule has 0 saturated carbocycles. The molecule has 4 rings (SSSR count). The molecule has 2 heterocycles. The molecule has 2 aromatic carbocycles. The second-order valence-electron chi connectivity index (χ2n) is 6.41. The molecule has 11 nitrogen and oxygen atoms in total. The van der Waals surface area contributed by atoms with Crippen molar-refractivity contribution in [2.45, 2.75) is 19.9 Å². The number of carbonyl (C=O) groups is 3. The molecule has 1 unspecified atom stereocenters. The van der Waals surface area contributed by atoms with Crippen molar-refractivity contribution in [3.8, 4) is 0 Å². The molecule has 0 amide bonds. The Morgan fingerprint density at radius 2 is 1.52 bits per heavy atom. The lowest BCUT2D eigenvalue weighted by Crippen LogP contribution is -2.11. The van der Waals surface area contributed by atoms with Gasteiger partial charge in [0.1, 0.15) is 5.52 Å².